The maximum absolute atomic E-state index is 14.1. The van der Waals surface area contributed by atoms with Crippen LogP contribution in [0.1, 0.15) is 22.8 Å². The summed E-state index contributed by atoms with van der Waals surface area (Å²) in [5.41, 5.74) is 1.55. The van der Waals surface area contributed by atoms with Crippen molar-refractivity contribution in [2.24, 2.45) is 0 Å². The summed E-state index contributed by atoms with van der Waals surface area (Å²) in [6, 6.07) is 11.5. The predicted molar refractivity (Wildman–Crippen MR) is 98.7 cm³/mol. The molecule has 8 heteroatoms. The first-order chi connectivity index (χ1) is 13.9. The smallest absolute Gasteiger partial charge is 0.326 e. The first kappa shape index (κ1) is 17.8. The summed E-state index contributed by atoms with van der Waals surface area (Å²) in [6.07, 6.45) is -2.31. The zero-order valence-corrected chi connectivity index (χ0v) is 15.0. The zero-order valence-electron chi connectivity index (χ0n) is 15.0. The van der Waals surface area contributed by atoms with Crippen molar-refractivity contribution in [3.63, 3.8) is 0 Å². The number of nitrogens with zero attached hydrogens (tertiary/aromatic N) is 4. The number of hydrogen-bond donors (Lipinski definition) is 0. The molecule has 0 atom stereocenters. The molecule has 0 fully saturated rings. The largest absolute Gasteiger partial charge is 0.434 e. The average Bonchev–Trinajstić information content (AvgIpc) is 3.23. The Morgan fingerprint density at radius 1 is 0.931 bits per heavy atom. The highest BCUT2D eigenvalue weighted by Crippen LogP contribution is 2.34. The SMILES string of the molecule is Fc1cccc2c(C(F)(F)F)nc(CCc3cn4c(n3)-c3ccccc3C4)nc12. The molecule has 0 saturated carbocycles. The van der Waals surface area contributed by atoms with Gasteiger partial charge in [-0.3, -0.25) is 0 Å². The molecule has 4 aromatic rings. The zero-order chi connectivity index (χ0) is 20.2. The van der Waals surface area contributed by atoms with Crippen LogP contribution in [0.5, 0.6) is 0 Å². The molecule has 1 aliphatic heterocycles. The molecule has 2 aromatic carbocycles. The molecular formula is C21H14F4N4. The number of fused-ring (bicyclic) bond motifs is 4. The summed E-state index contributed by atoms with van der Waals surface area (Å²) in [7, 11) is 0. The van der Waals surface area contributed by atoms with Gasteiger partial charge in [-0.2, -0.15) is 13.2 Å². The summed E-state index contributed by atoms with van der Waals surface area (Å²) >= 11 is 0. The first-order valence-electron chi connectivity index (χ1n) is 9.07. The highest BCUT2D eigenvalue weighted by Gasteiger charge is 2.36. The van der Waals surface area contributed by atoms with E-state index in [0.29, 0.717) is 13.0 Å². The molecule has 5 rings (SSSR count). The number of aromatic nitrogens is 4. The first-order valence-corrected chi connectivity index (χ1v) is 9.07. The molecule has 0 amide bonds. The minimum Gasteiger partial charge on any atom is -0.326 e. The summed E-state index contributed by atoms with van der Waals surface area (Å²) < 4.78 is 56.3. The second-order valence-electron chi connectivity index (χ2n) is 6.96. The Hall–Kier alpha value is -3.29. The number of rotatable bonds is 3. The monoisotopic (exact) mass is 398 g/mol. The second-order valence-corrected chi connectivity index (χ2v) is 6.96. The van der Waals surface area contributed by atoms with Gasteiger partial charge in [0.15, 0.2) is 5.69 Å². The molecular weight excluding hydrogens is 384 g/mol. The Morgan fingerprint density at radius 2 is 1.76 bits per heavy atom. The molecule has 29 heavy (non-hydrogen) atoms. The molecule has 146 valence electrons. The maximum atomic E-state index is 14.1. The van der Waals surface area contributed by atoms with Gasteiger partial charge in [0.05, 0.1) is 5.69 Å². The number of alkyl halides is 3. The summed E-state index contributed by atoms with van der Waals surface area (Å²) in [5.74, 6) is -0.00485. The van der Waals surface area contributed by atoms with E-state index in [1.807, 2.05) is 35.0 Å². The summed E-state index contributed by atoms with van der Waals surface area (Å²) in [5, 5.41) is -0.334. The van der Waals surface area contributed by atoms with Crippen LogP contribution in [0.25, 0.3) is 22.3 Å². The Balaban J connectivity index is 1.46. The van der Waals surface area contributed by atoms with Crippen molar-refractivity contribution in [2.75, 3.05) is 0 Å². The van der Waals surface area contributed by atoms with Gasteiger partial charge in [-0.05, 0) is 18.1 Å². The van der Waals surface area contributed by atoms with E-state index in [4.69, 9.17) is 0 Å². The minimum atomic E-state index is -4.69. The molecule has 0 radical (unpaired) electrons. The number of para-hydroxylation sites is 1. The lowest BCUT2D eigenvalue weighted by atomic mass is 10.1. The van der Waals surface area contributed by atoms with Crippen LogP contribution in [0.3, 0.4) is 0 Å². The number of hydrogen-bond acceptors (Lipinski definition) is 3. The molecule has 3 heterocycles. The van der Waals surface area contributed by atoms with E-state index in [1.165, 1.54) is 17.7 Å². The van der Waals surface area contributed by atoms with Gasteiger partial charge in [0, 0.05) is 30.1 Å². The summed E-state index contributed by atoms with van der Waals surface area (Å²) in [6.45, 7) is 0.717. The van der Waals surface area contributed by atoms with Crippen molar-refractivity contribution in [1.82, 2.24) is 19.5 Å². The third-order valence-electron chi connectivity index (χ3n) is 5.02. The minimum absolute atomic E-state index is 0.0523. The highest BCUT2D eigenvalue weighted by atomic mass is 19.4. The van der Waals surface area contributed by atoms with Gasteiger partial charge >= 0.3 is 6.18 Å². The van der Waals surface area contributed by atoms with Crippen molar-refractivity contribution >= 4 is 10.9 Å². The van der Waals surface area contributed by atoms with Crippen LogP contribution in [0.2, 0.25) is 0 Å². The van der Waals surface area contributed by atoms with Crippen LogP contribution in [0.4, 0.5) is 17.6 Å². The fourth-order valence-electron chi connectivity index (χ4n) is 3.72. The van der Waals surface area contributed by atoms with Gasteiger partial charge in [-0.15, -0.1) is 0 Å². The Labute approximate surface area is 162 Å². The van der Waals surface area contributed by atoms with E-state index in [9.17, 15) is 17.6 Å². The van der Waals surface area contributed by atoms with E-state index >= 15 is 0 Å². The summed E-state index contributed by atoms with van der Waals surface area (Å²) in [4.78, 5) is 12.3. The fraction of sp³-hybridized carbons (Fsp3) is 0.190. The fourth-order valence-corrected chi connectivity index (χ4v) is 3.72. The lowest BCUT2D eigenvalue weighted by Gasteiger charge is -2.11. The standard InChI is InChI=1S/C21H14F4N4/c22-16-7-3-6-15-18(16)27-17(28-19(15)21(23,24)25)9-8-13-11-29-10-12-4-1-2-5-14(12)20(29)26-13/h1-7,11H,8-10H2. The Bertz CT molecular complexity index is 1240. The quantitative estimate of drug-likeness (QED) is 0.410. The third-order valence-corrected chi connectivity index (χ3v) is 5.02. The molecule has 0 spiro atoms. The van der Waals surface area contributed by atoms with Crippen LogP contribution in [0, 0.1) is 5.82 Å². The number of imidazole rings is 1. The average molecular weight is 398 g/mol. The second kappa shape index (κ2) is 6.37. The van der Waals surface area contributed by atoms with E-state index < -0.39 is 17.7 Å². The van der Waals surface area contributed by atoms with E-state index in [0.717, 1.165) is 23.1 Å². The molecule has 0 unspecified atom stereocenters. The number of halogens is 4. The molecule has 4 nitrogen and oxygen atoms in total. The van der Waals surface area contributed by atoms with E-state index in [1.54, 1.807) is 0 Å². The molecule has 1 aliphatic rings. The molecule has 0 saturated heterocycles. The lowest BCUT2D eigenvalue weighted by molar-refractivity contribution is -0.140. The Morgan fingerprint density at radius 3 is 2.59 bits per heavy atom. The van der Waals surface area contributed by atoms with Crippen molar-refractivity contribution in [2.45, 2.75) is 25.6 Å². The predicted octanol–water partition coefficient (Wildman–Crippen LogP) is 4.80. The van der Waals surface area contributed by atoms with E-state index in [-0.39, 0.29) is 23.1 Å². The van der Waals surface area contributed by atoms with Crippen LogP contribution in [-0.4, -0.2) is 19.5 Å². The maximum Gasteiger partial charge on any atom is 0.434 e. The topological polar surface area (TPSA) is 43.6 Å². The highest BCUT2D eigenvalue weighted by molar-refractivity contribution is 5.82. The lowest BCUT2D eigenvalue weighted by Crippen LogP contribution is -2.13. The number of benzene rings is 2. The van der Waals surface area contributed by atoms with Gasteiger partial charge in [-0.1, -0.05) is 36.4 Å². The van der Waals surface area contributed by atoms with Crippen LogP contribution in [-0.2, 0) is 25.6 Å². The van der Waals surface area contributed by atoms with Gasteiger partial charge in [-0.25, -0.2) is 19.3 Å². The Kier molecular flexibility index (Phi) is 3.90. The van der Waals surface area contributed by atoms with Gasteiger partial charge < -0.3 is 4.57 Å². The normalized spacial score (nSPS) is 13.0. The third kappa shape index (κ3) is 3.04. The van der Waals surface area contributed by atoms with Crippen molar-refractivity contribution in [3.05, 3.63) is 77.3 Å². The van der Waals surface area contributed by atoms with Crippen molar-refractivity contribution in [3.8, 4) is 11.4 Å². The van der Waals surface area contributed by atoms with Crippen molar-refractivity contribution < 1.29 is 17.6 Å². The van der Waals surface area contributed by atoms with Crippen LogP contribution in [0.15, 0.2) is 48.7 Å². The van der Waals surface area contributed by atoms with Crippen LogP contribution >= 0.6 is 0 Å². The van der Waals surface area contributed by atoms with Crippen molar-refractivity contribution in [1.29, 1.82) is 0 Å². The molecule has 0 N–H and O–H groups in total. The van der Waals surface area contributed by atoms with Gasteiger partial charge in [0.1, 0.15) is 23.0 Å². The van der Waals surface area contributed by atoms with E-state index in [2.05, 4.69) is 15.0 Å². The number of aryl methyl sites for hydroxylation is 2. The molecule has 2 aromatic heterocycles. The molecule has 0 bridgehead atoms. The molecule has 0 aliphatic carbocycles. The van der Waals surface area contributed by atoms with Crippen LogP contribution < -0.4 is 0 Å². The van der Waals surface area contributed by atoms with Gasteiger partial charge in [0.2, 0.25) is 0 Å². The van der Waals surface area contributed by atoms with Gasteiger partial charge in [0.25, 0.3) is 0 Å².